The molecule has 2 aromatic carbocycles. The Hall–Kier alpha value is -3.49. The lowest BCUT2D eigenvalue weighted by molar-refractivity contribution is -0.142. The number of halogens is 5. The summed E-state index contributed by atoms with van der Waals surface area (Å²) in [6.45, 7) is 4.30. The fourth-order valence-electron chi connectivity index (χ4n) is 3.83. The summed E-state index contributed by atoms with van der Waals surface area (Å²) < 4.78 is 73.5. The maximum atomic E-state index is 14.2. The molecule has 0 saturated carbocycles. The number of hydrogen-bond acceptors (Lipinski definition) is 3. The molecule has 1 heterocycles. The monoisotopic (exact) mass is 465 g/mol. The van der Waals surface area contributed by atoms with Crippen LogP contribution in [0.1, 0.15) is 36.0 Å². The number of ether oxygens (including phenoxy) is 1. The normalized spacial score (nSPS) is 16.7. The van der Waals surface area contributed by atoms with E-state index >= 15 is 0 Å². The molecule has 1 amide bonds. The maximum Gasteiger partial charge on any atom is 0.416 e. The van der Waals surface area contributed by atoms with Crippen molar-refractivity contribution in [2.24, 2.45) is 0 Å². The van der Waals surface area contributed by atoms with Gasteiger partial charge in [0.05, 0.1) is 17.7 Å². The van der Waals surface area contributed by atoms with Crippen molar-refractivity contribution in [3.05, 3.63) is 94.7 Å². The number of benzene rings is 2. The fourth-order valence-corrected chi connectivity index (χ4v) is 3.83. The number of allylic oxidation sites excluding steroid dienone is 1. The van der Waals surface area contributed by atoms with Crippen LogP contribution in [0.15, 0.2) is 66.4 Å². The molecule has 33 heavy (non-hydrogen) atoms. The maximum absolute atomic E-state index is 14.2. The van der Waals surface area contributed by atoms with E-state index in [1.165, 1.54) is 31.2 Å². The second kappa shape index (κ2) is 9.56. The third kappa shape index (κ3) is 5.13. The van der Waals surface area contributed by atoms with Gasteiger partial charge in [-0.2, -0.15) is 13.2 Å². The van der Waals surface area contributed by atoms with Gasteiger partial charge in [0, 0.05) is 29.7 Å². The number of esters is 1. The van der Waals surface area contributed by atoms with E-state index in [0.29, 0.717) is 6.07 Å². The summed E-state index contributed by atoms with van der Waals surface area (Å²) in [5, 5.41) is 0. The molecule has 3 rings (SSSR count). The smallest absolute Gasteiger partial charge is 0.416 e. The van der Waals surface area contributed by atoms with Crippen molar-refractivity contribution in [2.45, 2.75) is 32.0 Å². The van der Waals surface area contributed by atoms with Crippen LogP contribution in [0.5, 0.6) is 0 Å². The first-order valence-corrected chi connectivity index (χ1v) is 9.93. The lowest BCUT2D eigenvalue weighted by Gasteiger charge is -2.35. The molecule has 0 bridgehead atoms. The Balaban J connectivity index is 2.12. The molecule has 1 aliphatic rings. The first kappa shape index (κ1) is 24.2. The Bertz CT molecular complexity index is 1120. The van der Waals surface area contributed by atoms with Crippen LogP contribution in [-0.2, 0) is 27.0 Å². The van der Waals surface area contributed by atoms with E-state index in [2.05, 4.69) is 6.58 Å². The molecule has 1 aliphatic heterocycles. The van der Waals surface area contributed by atoms with E-state index in [1.54, 1.807) is 0 Å². The Morgan fingerprint density at radius 2 is 1.91 bits per heavy atom. The number of rotatable bonds is 6. The van der Waals surface area contributed by atoms with Gasteiger partial charge in [0.1, 0.15) is 18.2 Å². The zero-order valence-electron chi connectivity index (χ0n) is 17.6. The summed E-state index contributed by atoms with van der Waals surface area (Å²) in [6, 6.07) is 7.53. The molecular weight excluding hydrogens is 445 g/mol. The number of alkyl halides is 3. The van der Waals surface area contributed by atoms with E-state index < -0.39 is 47.6 Å². The zero-order valence-corrected chi connectivity index (χ0v) is 17.6. The zero-order chi connectivity index (χ0) is 24.3. The largest absolute Gasteiger partial charge is 0.458 e. The van der Waals surface area contributed by atoms with Crippen molar-refractivity contribution in [3.63, 3.8) is 0 Å². The van der Waals surface area contributed by atoms with Crippen LogP contribution < -0.4 is 0 Å². The molecule has 0 aromatic heterocycles. The molecule has 1 unspecified atom stereocenters. The van der Waals surface area contributed by atoms with Gasteiger partial charge in [-0.1, -0.05) is 36.9 Å². The summed E-state index contributed by atoms with van der Waals surface area (Å²) in [6.07, 6.45) is -3.88. The molecule has 0 N–H and O–H groups in total. The topological polar surface area (TPSA) is 46.6 Å². The van der Waals surface area contributed by atoms with Gasteiger partial charge in [0.2, 0.25) is 5.91 Å². The molecule has 0 radical (unpaired) electrons. The van der Waals surface area contributed by atoms with E-state index in [1.807, 2.05) is 0 Å². The molecule has 0 fully saturated rings. The Kier molecular flexibility index (Phi) is 7.00. The summed E-state index contributed by atoms with van der Waals surface area (Å²) in [4.78, 5) is 26.9. The quantitative estimate of drug-likeness (QED) is 0.322. The Labute approximate surface area is 187 Å². The first-order valence-electron chi connectivity index (χ1n) is 9.93. The summed E-state index contributed by atoms with van der Waals surface area (Å²) in [5.74, 6) is -4.44. The summed E-state index contributed by atoms with van der Waals surface area (Å²) in [5.41, 5.74) is -1.34. The standard InChI is InChI=1S/C24H20F5NO3/c1-3-10-33-23(32)22-14(2)30(13-15-8-9-16(25)11-20(15)26)21(31)12-18(22)17-6-4-5-7-19(17)24(27,28)29/h3-9,11,18H,1,10,12-13H2,2H3. The number of hydrogen-bond donors (Lipinski definition) is 0. The minimum atomic E-state index is -4.71. The first-order chi connectivity index (χ1) is 15.5. The highest BCUT2D eigenvalue weighted by Crippen LogP contribution is 2.43. The predicted octanol–water partition coefficient (Wildman–Crippen LogP) is 5.50. The average Bonchev–Trinajstić information content (AvgIpc) is 2.75. The van der Waals surface area contributed by atoms with Gasteiger partial charge in [0.15, 0.2) is 0 Å². The van der Waals surface area contributed by atoms with Crippen LogP contribution in [0, 0.1) is 11.6 Å². The van der Waals surface area contributed by atoms with Gasteiger partial charge < -0.3 is 9.64 Å². The predicted molar refractivity (Wildman–Crippen MR) is 110 cm³/mol. The highest BCUT2D eigenvalue weighted by molar-refractivity contribution is 5.96. The average molecular weight is 465 g/mol. The Morgan fingerprint density at radius 3 is 2.55 bits per heavy atom. The molecule has 0 spiro atoms. The van der Waals surface area contributed by atoms with Crippen molar-refractivity contribution in [1.29, 1.82) is 0 Å². The van der Waals surface area contributed by atoms with Gasteiger partial charge in [0.25, 0.3) is 0 Å². The summed E-state index contributed by atoms with van der Waals surface area (Å²) >= 11 is 0. The van der Waals surface area contributed by atoms with Gasteiger partial charge in [-0.25, -0.2) is 13.6 Å². The van der Waals surface area contributed by atoms with Crippen LogP contribution >= 0.6 is 0 Å². The molecule has 2 aromatic rings. The molecule has 4 nitrogen and oxygen atoms in total. The molecule has 0 saturated heterocycles. The van der Waals surface area contributed by atoms with Crippen LogP contribution in [0.3, 0.4) is 0 Å². The number of carbonyl (C=O) groups excluding carboxylic acids is 2. The minimum absolute atomic E-state index is 0.0166. The van der Waals surface area contributed by atoms with E-state index in [4.69, 9.17) is 4.74 Å². The summed E-state index contributed by atoms with van der Waals surface area (Å²) in [7, 11) is 0. The minimum Gasteiger partial charge on any atom is -0.458 e. The van der Waals surface area contributed by atoms with Crippen LogP contribution in [-0.4, -0.2) is 23.4 Å². The molecule has 1 atom stereocenters. The van der Waals surface area contributed by atoms with Crippen molar-refractivity contribution in [2.75, 3.05) is 6.61 Å². The van der Waals surface area contributed by atoms with Crippen LogP contribution in [0.4, 0.5) is 22.0 Å². The Morgan fingerprint density at radius 1 is 1.21 bits per heavy atom. The highest BCUT2D eigenvalue weighted by Gasteiger charge is 2.42. The third-order valence-electron chi connectivity index (χ3n) is 5.36. The van der Waals surface area contributed by atoms with Crippen LogP contribution in [0.25, 0.3) is 0 Å². The molecule has 9 heteroatoms. The van der Waals surface area contributed by atoms with Gasteiger partial charge >= 0.3 is 12.1 Å². The SMILES string of the molecule is C=CCOC(=O)C1=C(C)N(Cc2ccc(F)cc2F)C(=O)CC1c1ccccc1C(F)(F)F. The third-order valence-corrected chi connectivity index (χ3v) is 5.36. The van der Waals surface area contributed by atoms with E-state index in [9.17, 15) is 31.5 Å². The van der Waals surface area contributed by atoms with Gasteiger partial charge in [-0.3, -0.25) is 4.79 Å². The van der Waals surface area contributed by atoms with Crippen LogP contribution in [0.2, 0.25) is 0 Å². The number of amides is 1. The molecular formula is C24H20F5NO3. The van der Waals surface area contributed by atoms with Crippen molar-refractivity contribution >= 4 is 11.9 Å². The highest BCUT2D eigenvalue weighted by atomic mass is 19.4. The van der Waals surface area contributed by atoms with E-state index in [-0.39, 0.29) is 35.5 Å². The second-order valence-corrected chi connectivity index (χ2v) is 7.44. The van der Waals surface area contributed by atoms with Crippen molar-refractivity contribution < 1.29 is 36.3 Å². The van der Waals surface area contributed by atoms with E-state index in [0.717, 1.165) is 23.1 Å². The second-order valence-electron chi connectivity index (χ2n) is 7.44. The van der Waals surface area contributed by atoms with Gasteiger partial charge in [-0.05, 0) is 24.6 Å². The number of carbonyl (C=O) groups is 2. The lowest BCUT2D eigenvalue weighted by Crippen LogP contribution is -2.38. The molecule has 174 valence electrons. The molecule has 0 aliphatic carbocycles. The van der Waals surface area contributed by atoms with Gasteiger partial charge in [-0.15, -0.1) is 0 Å². The van der Waals surface area contributed by atoms with Crippen molar-refractivity contribution in [1.82, 2.24) is 4.90 Å². The lowest BCUT2D eigenvalue weighted by atomic mass is 9.81. The van der Waals surface area contributed by atoms with Crippen molar-refractivity contribution in [3.8, 4) is 0 Å². The fraction of sp³-hybridized carbons (Fsp3) is 0.250. The number of nitrogens with zero attached hydrogens (tertiary/aromatic N) is 1.